The van der Waals surface area contributed by atoms with Crippen LogP contribution in [0.1, 0.15) is 25.7 Å². The minimum Gasteiger partial charge on any atom is -0.461 e. The second-order valence-corrected chi connectivity index (χ2v) is 10.00. The molecule has 1 saturated carbocycles. The molecule has 15 N–H and O–H groups in total. The Morgan fingerprint density at radius 3 is 2.54 bits per heavy atom. The number of nitrogens with one attached hydrogen (secondary N) is 2. The molecule has 4 unspecified atom stereocenters. The number of ether oxygens (including phenoxy) is 4. The van der Waals surface area contributed by atoms with Crippen LogP contribution < -0.4 is 33.6 Å². The Hall–Kier alpha value is -1.67. The zero-order valence-corrected chi connectivity index (χ0v) is 21.7. The Kier molecular flexibility index (Phi) is 12.1. The molecule has 0 aromatic carbocycles. The number of rotatable bonds is 12. The van der Waals surface area contributed by atoms with Crippen molar-refractivity contribution < 1.29 is 49.3 Å². The van der Waals surface area contributed by atoms with Crippen molar-refractivity contribution in [3.8, 4) is 0 Å². The van der Waals surface area contributed by atoms with Gasteiger partial charge in [0.2, 0.25) is 5.91 Å². The lowest BCUT2D eigenvalue weighted by Gasteiger charge is -2.48. The number of allylic oxidation sites excluding steroid dienone is 1. The van der Waals surface area contributed by atoms with Gasteiger partial charge in [-0.15, -0.1) is 0 Å². The summed E-state index contributed by atoms with van der Waals surface area (Å²) in [7, 11) is 0. The number of aliphatic hydroxyl groups is 5. The zero-order chi connectivity index (χ0) is 28.7. The van der Waals surface area contributed by atoms with Gasteiger partial charge in [-0.05, 0) is 38.3 Å². The molecule has 3 aliphatic rings. The third kappa shape index (κ3) is 7.75. The minimum absolute atomic E-state index is 0.00514. The minimum atomic E-state index is -1.48. The molecule has 0 aromatic heterocycles. The van der Waals surface area contributed by atoms with Crippen molar-refractivity contribution in [2.75, 3.05) is 26.4 Å². The first-order valence-corrected chi connectivity index (χ1v) is 13.2. The van der Waals surface area contributed by atoms with E-state index in [0.717, 1.165) is 0 Å². The predicted molar refractivity (Wildman–Crippen MR) is 135 cm³/mol. The fourth-order valence-electron chi connectivity index (χ4n) is 5.05. The highest BCUT2D eigenvalue weighted by Gasteiger charge is 2.51. The summed E-state index contributed by atoms with van der Waals surface area (Å²) < 4.78 is 23.3. The maximum absolute atomic E-state index is 12.6. The summed E-state index contributed by atoms with van der Waals surface area (Å²) in [5.74, 6) is -0.598. The number of hydrogen-bond donors (Lipinski definition) is 11. The van der Waals surface area contributed by atoms with Crippen molar-refractivity contribution in [1.82, 2.24) is 10.6 Å². The molecule has 0 radical (unpaired) electrons. The molecular weight excluding hydrogens is 520 g/mol. The van der Waals surface area contributed by atoms with E-state index in [0.29, 0.717) is 12.8 Å². The predicted octanol–water partition coefficient (Wildman–Crippen LogP) is -5.66. The number of aliphatic hydroxyl groups excluding tert-OH is 5. The standard InChI is InChI=1S/C23H44N6O10/c24-5-4-13(31)22(35)29-12-6-11(27)20(38-15-3-1-2-10(7-25)36-15)19(34)21(12)39-23-18(33)16(28-9-26)17(32)14(8-30)37-23/h3,10-14,16-21,23,28,30-34H,1-2,4-9,24-27H2,(H,29,35)/t10-,11-,12+,13-,14?,16-,17+,18?,19?,20?,21-,23+/m0/s1. The Labute approximate surface area is 226 Å². The highest BCUT2D eigenvalue weighted by atomic mass is 16.7. The molecule has 2 heterocycles. The molecule has 0 aromatic rings. The summed E-state index contributed by atoms with van der Waals surface area (Å²) in [6.45, 7) is -0.354. The molecule has 3 rings (SSSR count). The highest BCUT2D eigenvalue weighted by Crippen LogP contribution is 2.31. The van der Waals surface area contributed by atoms with Crippen LogP contribution in [-0.2, 0) is 23.7 Å². The monoisotopic (exact) mass is 564 g/mol. The summed E-state index contributed by atoms with van der Waals surface area (Å²) in [6, 6.07) is -2.80. The van der Waals surface area contributed by atoms with Gasteiger partial charge in [-0.3, -0.25) is 10.1 Å². The molecular formula is C23H44N6O10. The van der Waals surface area contributed by atoms with Crippen LogP contribution in [0.2, 0.25) is 0 Å². The van der Waals surface area contributed by atoms with Crippen LogP contribution in [0.3, 0.4) is 0 Å². The third-order valence-electron chi connectivity index (χ3n) is 7.22. The van der Waals surface area contributed by atoms with E-state index in [2.05, 4.69) is 10.6 Å². The lowest BCUT2D eigenvalue weighted by molar-refractivity contribution is -0.309. The van der Waals surface area contributed by atoms with Crippen molar-refractivity contribution in [3.63, 3.8) is 0 Å². The molecule has 1 aliphatic carbocycles. The van der Waals surface area contributed by atoms with Crippen LogP contribution in [0.25, 0.3) is 0 Å². The second-order valence-electron chi connectivity index (χ2n) is 10.00. The molecule has 226 valence electrons. The first-order chi connectivity index (χ1) is 18.6. The molecule has 1 saturated heterocycles. The van der Waals surface area contributed by atoms with E-state index in [1.807, 2.05) is 0 Å². The molecule has 39 heavy (non-hydrogen) atoms. The van der Waals surface area contributed by atoms with Gasteiger partial charge in [0, 0.05) is 19.3 Å². The zero-order valence-electron chi connectivity index (χ0n) is 21.7. The fraction of sp³-hybridized carbons (Fsp3) is 0.870. The SMILES string of the molecule is NCC[C@H](O)C(=O)N[C@@H]1C[C@H](N)C(OC2=CCC[C@@H](CN)O2)C(O)[C@H]1O[C@H]1OC(CO)[C@@H](O)[C@H](NCN)C1O. The molecule has 0 bridgehead atoms. The normalized spacial score (nSPS) is 39.8. The molecule has 2 fully saturated rings. The first kappa shape index (κ1) is 31.9. The summed E-state index contributed by atoms with van der Waals surface area (Å²) in [5.41, 5.74) is 23.0. The Bertz CT molecular complexity index is 811. The van der Waals surface area contributed by atoms with E-state index >= 15 is 0 Å². The van der Waals surface area contributed by atoms with Crippen molar-refractivity contribution in [2.24, 2.45) is 22.9 Å². The van der Waals surface area contributed by atoms with Crippen LogP contribution in [-0.4, -0.2) is 131 Å². The van der Waals surface area contributed by atoms with E-state index in [1.165, 1.54) is 0 Å². The van der Waals surface area contributed by atoms with Gasteiger partial charge in [0.05, 0.1) is 18.7 Å². The summed E-state index contributed by atoms with van der Waals surface area (Å²) >= 11 is 0. The number of amides is 1. The van der Waals surface area contributed by atoms with Crippen molar-refractivity contribution >= 4 is 5.91 Å². The van der Waals surface area contributed by atoms with E-state index < -0.39 is 79.7 Å². The van der Waals surface area contributed by atoms with E-state index in [1.54, 1.807) is 6.08 Å². The second kappa shape index (κ2) is 14.8. The number of carbonyl (C=O) groups is 1. The molecule has 12 atom stereocenters. The molecule has 1 amide bonds. The van der Waals surface area contributed by atoms with Gasteiger partial charge >= 0.3 is 0 Å². The molecule has 0 spiro atoms. The van der Waals surface area contributed by atoms with Gasteiger partial charge in [0.1, 0.15) is 48.8 Å². The third-order valence-corrected chi connectivity index (χ3v) is 7.22. The number of hydrogen-bond acceptors (Lipinski definition) is 15. The highest BCUT2D eigenvalue weighted by molar-refractivity contribution is 5.80. The van der Waals surface area contributed by atoms with Gasteiger partial charge in [0.15, 0.2) is 6.29 Å². The van der Waals surface area contributed by atoms with E-state index in [9.17, 15) is 30.3 Å². The summed E-state index contributed by atoms with van der Waals surface area (Å²) in [6.07, 6.45) is -7.78. The average Bonchev–Trinajstić information content (AvgIpc) is 2.92. The quantitative estimate of drug-likeness (QED) is 0.0985. The number of carbonyl (C=O) groups excluding carboxylic acids is 1. The smallest absolute Gasteiger partial charge is 0.275 e. The van der Waals surface area contributed by atoms with Crippen LogP contribution >= 0.6 is 0 Å². The Morgan fingerprint density at radius 1 is 1.15 bits per heavy atom. The topological polar surface area (TPSA) is 283 Å². The van der Waals surface area contributed by atoms with Gasteiger partial charge in [0.25, 0.3) is 5.95 Å². The summed E-state index contributed by atoms with van der Waals surface area (Å²) in [4.78, 5) is 12.6. The maximum Gasteiger partial charge on any atom is 0.275 e. The first-order valence-electron chi connectivity index (χ1n) is 13.2. The van der Waals surface area contributed by atoms with Gasteiger partial charge in [-0.1, -0.05) is 0 Å². The van der Waals surface area contributed by atoms with Gasteiger partial charge in [-0.2, -0.15) is 0 Å². The van der Waals surface area contributed by atoms with Crippen LogP contribution in [0, 0.1) is 0 Å². The van der Waals surface area contributed by atoms with Gasteiger partial charge < -0.3 is 72.7 Å². The van der Waals surface area contributed by atoms with E-state index in [-0.39, 0.29) is 44.6 Å². The molecule has 16 heteroatoms. The lowest BCUT2D eigenvalue weighted by atomic mass is 9.83. The Morgan fingerprint density at radius 2 is 1.90 bits per heavy atom. The fourth-order valence-corrected chi connectivity index (χ4v) is 5.05. The summed E-state index contributed by atoms with van der Waals surface area (Å²) in [5, 5.41) is 57.9. The maximum atomic E-state index is 12.6. The van der Waals surface area contributed by atoms with Crippen LogP contribution in [0.4, 0.5) is 0 Å². The Balaban J connectivity index is 1.84. The van der Waals surface area contributed by atoms with Crippen molar-refractivity contribution in [2.45, 2.75) is 98.9 Å². The lowest BCUT2D eigenvalue weighted by Crippen LogP contribution is -2.69. The molecule has 2 aliphatic heterocycles. The van der Waals surface area contributed by atoms with Crippen LogP contribution in [0.15, 0.2) is 12.0 Å². The number of nitrogens with two attached hydrogens (primary N) is 4. The average molecular weight is 565 g/mol. The molecule has 16 nitrogen and oxygen atoms in total. The largest absolute Gasteiger partial charge is 0.461 e. The van der Waals surface area contributed by atoms with Crippen molar-refractivity contribution in [3.05, 3.63) is 12.0 Å². The van der Waals surface area contributed by atoms with Crippen molar-refractivity contribution in [1.29, 1.82) is 0 Å². The van der Waals surface area contributed by atoms with E-state index in [4.69, 9.17) is 41.9 Å². The van der Waals surface area contributed by atoms with Crippen LogP contribution in [0.5, 0.6) is 0 Å². The van der Waals surface area contributed by atoms with Gasteiger partial charge in [-0.25, -0.2) is 0 Å².